The van der Waals surface area contributed by atoms with Crippen LogP contribution in [0.1, 0.15) is 27.7 Å². The van der Waals surface area contributed by atoms with Crippen LogP contribution in [0.4, 0.5) is 0 Å². The molecule has 0 saturated heterocycles. The Kier molecular flexibility index (Phi) is 5.44. The van der Waals surface area contributed by atoms with Gasteiger partial charge >= 0.3 is 23.9 Å². The van der Waals surface area contributed by atoms with Crippen molar-refractivity contribution in [1.29, 1.82) is 0 Å². The maximum Gasteiger partial charge on any atom is 0.308 e. The third-order valence-electron chi connectivity index (χ3n) is 5.73. The lowest BCUT2D eigenvalue weighted by molar-refractivity contribution is -0.133. The van der Waals surface area contributed by atoms with Crippen LogP contribution < -0.4 is 18.9 Å². The zero-order valence-corrected chi connectivity index (χ0v) is 19.9. The van der Waals surface area contributed by atoms with E-state index >= 15 is 0 Å². The number of hydrogen-bond acceptors (Lipinski definition) is 8. The van der Waals surface area contributed by atoms with Crippen molar-refractivity contribution in [3.63, 3.8) is 0 Å². The summed E-state index contributed by atoms with van der Waals surface area (Å²) in [5.41, 5.74) is 0. The van der Waals surface area contributed by atoms with Gasteiger partial charge in [0.2, 0.25) is 0 Å². The molecule has 0 aliphatic carbocycles. The maximum absolute atomic E-state index is 12.0. The highest BCUT2D eigenvalue weighted by molar-refractivity contribution is 6.36. The monoisotopic (exact) mass is 484 g/mol. The standard InChI is InChI=1S/C28H20O8/c1-13(29)33-21-11-23(35-15(3)31)27-20-10-6-8-18-22(34-14(2)30)12-24(36-16(4)32)28(26(18)20)19-9-5-7-17(21)25(19)27/h5-12H,1-4H3. The van der Waals surface area contributed by atoms with E-state index in [1.54, 1.807) is 24.3 Å². The van der Waals surface area contributed by atoms with Crippen LogP contribution >= 0.6 is 0 Å². The van der Waals surface area contributed by atoms with Crippen LogP contribution in [0.2, 0.25) is 0 Å². The molecule has 0 radical (unpaired) electrons. The fourth-order valence-electron chi connectivity index (χ4n) is 4.74. The number of fused-ring (bicyclic) bond motifs is 2. The summed E-state index contributed by atoms with van der Waals surface area (Å²) < 4.78 is 22.1. The van der Waals surface area contributed by atoms with E-state index in [9.17, 15) is 19.2 Å². The zero-order chi connectivity index (χ0) is 25.7. The summed E-state index contributed by atoms with van der Waals surface area (Å²) in [4.78, 5) is 47.8. The Bertz CT molecular complexity index is 1620. The van der Waals surface area contributed by atoms with Crippen LogP contribution in [0.15, 0.2) is 48.5 Å². The maximum atomic E-state index is 12.0. The van der Waals surface area contributed by atoms with Crippen molar-refractivity contribution < 1.29 is 38.1 Å². The summed E-state index contributed by atoms with van der Waals surface area (Å²) in [6.45, 7) is 5.13. The highest BCUT2D eigenvalue weighted by Gasteiger charge is 2.25. The lowest BCUT2D eigenvalue weighted by Crippen LogP contribution is -2.07. The smallest absolute Gasteiger partial charge is 0.308 e. The average molecular weight is 484 g/mol. The highest BCUT2D eigenvalue weighted by atomic mass is 16.6. The summed E-state index contributed by atoms with van der Waals surface area (Å²) in [7, 11) is 0. The third-order valence-corrected chi connectivity index (χ3v) is 5.73. The van der Waals surface area contributed by atoms with Gasteiger partial charge in [0.15, 0.2) is 0 Å². The summed E-state index contributed by atoms with van der Waals surface area (Å²) >= 11 is 0. The Hall–Kier alpha value is -4.72. The average Bonchev–Trinajstić information content (AvgIpc) is 2.78. The first-order chi connectivity index (χ1) is 17.2. The highest BCUT2D eigenvalue weighted by Crippen LogP contribution is 2.51. The quantitative estimate of drug-likeness (QED) is 0.144. The normalized spacial score (nSPS) is 11.2. The van der Waals surface area contributed by atoms with Gasteiger partial charge in [-0.15, -0.1) is 0 Å². The van der Waals surface area contributed by atoms with Gasteiger partial charge in [-0.25, -0.2) is 0 Å². The molecule has 0 saturated carbocycles. The number of ether oxygens (including phenoxy) is 4. The van der Waals surface area contributed by atoms with E-state index in [0.29, 0.717) is 43.1 Å². The predicted octanol–water partition coefficient (Wildman–Crippen LogP) is 5.44. The van der Waals surface area contributed by atoms with Crippen molar-refractivity contribution >= 4 is 67.0 Å². The number of rotatable bonds is 4. The molecule has 0 atom stereocenters. The minimum atomic E-state index is -0.552. The van der Waals surface area contributed by atoms with Gasteiger partial charge in [-0.2, -0.15) is 0 Å². The number of esters is 4. The van der Waals surface area contributed by atoms with Crippen LogP contribution in [0, 0.1) is 0 Å². The largest absolute Gasteiger partial charge is 0.426 e. The third kappa shape index (κ3) is 3.73. The van der Waals surface area contributed by atoms with E-state index in [-0.39, 0.29) is 23.0 Å². The molecule has 180 valence electrons. The van der Waals surface area contributed by atoms with Gasteiger partial charge in [-0.1, -0.05) is 36.4 Å². The molecule has 0 aromatic heterocycles. The fraction of sp³-hybridized carbons (Fsp3) is 0.143. The molecule has 0 heterocycles. The first kappa shape index (κ1) is 23.0. The molecule has 5 aromatic carbocycles. The summed E-state index contributed by atoms with van der Waals surface area (Å²) in [6.07, 6.45) is 0. The summed E-state index contributed by atoms with van der Waals surface area (Å²) in [6, 6.07) is 13.9. The van der Waals surface area contributed by atoms with Gasteiger partial charge in [0, 0.05) is 72.1 Å². The Morgan fingerprint density at radius 2 is 0.750 bits per heavy atom. The SMILES string of the molecule is CC(=O)Oc1cc(OC(C)=O)c2c3cccc4c(OC(C)=O)cc(OC(C)=O)c(c5cccc1c52)c43. The summed E-state index contributed by atoms with van der Waals surface area (Å²) in [5.74, 6) is -1.33. The first-order valence-corrected chi connectivity index (χ1v) is 11.1. The number of hydrogen-bond donors (Lipinski definition) is 0. The molecular weight excluding hydrogens is 464 g/mol. The van der Waals surface area contributed by atoms with Gasteiger partial charge in [0.25, 0.3) is 0 Å². The van der Waals surface area contributed by atoms with Gasteiger partial charge in [0.1, 0.15) is 23.0 Å². The second kappa shape index (κ2) is 8.49. The van der Waals surface area contributed by atoms with Gasteiger partial charge in [-0.3, -0.25) is 19.2 Å². The van der Waals surface area contributed by atoms with Crippen molar-refractivity contribution in [1.82, 2.24) is 0 Å². The van der Waals surface area contributed by atoms with E-state index in [4.69, 9.17) is 18.9 Å². The lowest BCUT2D eigenvalue weighted by atomic mass is 9.88. The van der Waals surface area contributed by atoms with E-state index in [2.05, 4.69) is 0 Å². The molecule has 0 unspecified atom stereocenters. The molecule has 0 fully saturated rings. The van der Waals surface area contributed by atoms with Crippen LogP contribution in [0.3, 0.4) is 0 Å². The van der Waals surface area contributed by atoms with Crippen LogP contribution in [-0.2, 0) is 19.2 Å². The van der Waals surface area contributed by atoms with E-state index in [1.165, 1.54) is 39.8 Å². The van der Waals surface area contributed by atoms with E-state index in [0.717, 1.165) is 0 Å². The Morgan fingerprint density at radius 3 is 1.08 bits per heavy atom. The predicted molar refractivity (Wildman–Crippen MR) is 133 cm³/mol. The van der Waals surface area contributed by atoms with Crippen LogP contribution in [0.25, 0.3) is 43.1 Å². The number of carbonyl (C=O) groups is 4. The first-order valence-electron chi connectivity index (χ1n) is 11.1. The fourth-order valence-corrected chi connectivity index (χ4v) is 4.74. The molecule has 5 aromatic rings. The topological polar surface area (TPSA) is 105 Å². The molecule has 0 amide bonds. The minimum absolute atomic E-state index is 0.198. The van der Waals surface area contributed by atoms with Gasteiger partial charge in [-0.05, 0) is 10.8 Å². The summed E-state index contributed by atoms with van der Waals surface area (Å²) in [5, 5.41) is 5.04. The molecule has 8 nitrogen and oxygen atoms in total. The Morgan fingerprint density at radius 1 is 0.444 bits per heavy atom. The van der Waals surface area contributed by atoms with Crippen LogP contribution in [-0.4, -0.2) is 23.9 Å². The van der Waals surface area contributed by atoms with Gasteiger partial charge in [0.05, 0.1) is 0 Å². The molecule has 5 rings (SSSR count). The van der Waals surface area contributed by atoms with Crippen LogP contribution in [0.5, 0.6) is 23.0 Å². The minimum Gasteiger partial charge on any atom is -0.426 e. The van der Waals surface area contributed by atoms with Crippen molar-refractivity contribution in [2.24, 2.45) is 0 Å². The van der Waals surface area contributed by atoms with E-state index in [1.807, 2.05) is 12.1 Å². The number of carbonyl (C=O) groups excluding carboxylic acids is 4. The van der Waals surface area contributed by atoms with Crippen molar-refractivity contribution in [2.75, 3.05) is 0 Å². The van der Waals surface area contributed by atoms with Gasteiger partial charge < -0.3 is 18.9 Å². The Labute approximate surface area is 204 Å². The molecule has 36 heavy (non-hydrogen) atoms. The van der Waals surface area contributed by atoms with E-state index < -0.39 is 23.9 Å². The number of benzene rings is 5. The molecular formula is C28H20O8. The molecule has 0 N–H and O–H groups in total. The second-order valence-corrected chi connectivity index (χ2v) is 8.33. The molecule has 0 aliphatic heterocycles. The van der Waals surface area contributed by atoms with Crippen molar-refractivity contribution in [3.05, 3.63) is 48.5 Å². The lowest BCUT2D eigenvalue weighted by Gasteiger charge is -2.21. The Balaban J connectivity index is 2.09. The molecule has 8 heteroatoms. The molecule has 0 aliphatic rings. The van der Waals surface area contributed by atoms with Crippen molar-refractivity contribution in [3.8, 4) is 23.0 Å². The zero-order valence-electron chi connectivity index (χ0n) is 19.9. The van der Waals surface area contributed by atoms with Crippen molar-refractivity contribution in [2.45, 2.75) is 27.7 Å². The molecule has 0 spiro atoms. The second-order valence-electron chi connectivity index (χ2n) is 8.33. The molecule has 0 bridgehead atoms.